The predicted octanol–water partition coefficient (Wildman–Crippen LogP) is 2.57. The number of halogens is 1. The number of carbonyl (C=O) groups is 3. The highest BCUT2D eigenvalue weighted by Crippen LogP contribution is 2.20. The molecule has 7 nitrogen and oxygen atoms in total. The van der Waals surface area contributed by atoms with Crippen LogP contribution in [0.4, 0.5) is 5.69 Å². The van der Waals surface area contributed by atoms with E-state index >= 15 is 0 Å². The van der Waals surface area contributed by atoms with Gasteiger partial charge in [0.1, 0.15) is 0 Å². The fraction of sp³-hybridized carbons (Fsp3) is 0.353. The van der Waals surface area contributed by atoms with Gasteiger partial charge in [-0.3, -0.25) is 4.79 Å². The number of esters is 2. The minimum absolute atomic E-state index is 0.0267. The second-order valence-electron chi connectivity index (χ2n) is 4.74. The second-order valence-corrected chi connectivity index (χ2v) is 6.16. The molecule has 26 heavy (non-hydrogen) atoms. The Morgan fingerprint density at radius 3 is 2.04 bits per heavy atom. The van der Waals surface area contributed by atoms with Crippen molar-refractivity contribution in [3.8, 4) is 0 Å². The normalized spacial score (nSPS) is 9.85. The van der Waals surface area contributed by atoms with E-state index in [0.29, 0.717) is 10.7 Å². The lowest BCUT2D eigenvalue weighted by Crippen LogP contribution is -2.24. The Kier molecular flexibility index (Phi) is 9.61. The third-order valence-electron chi connectivity index (χ3n) is 2.89. The van der Waals surface area contributed by atoms with Crippen LogP contribution in [0, 0.1) is 0 Å². The molecule has 0 saturated heterocycles. The van der Waals surface area contributed by atoms with Gasteiger partial charge in [-0.2, -0.15) is 0 Å². The lowest BCUT2D eigenvalue weighted by molar-refractivity contribution is -0.146. The standard InChI is InChI=1S/C17H21ClN2O5S/c1-4-24-16(22)14(17(23)25-5-2)15(19-3)26-10-13(21)20-12-8-6-11(18)7-9-12/h6-9,19H,4-5,10H2,1-3H3,(H,20,21). The summed E-state index contributed by atoms with van der Waals surface area (Å²) in [6, 6.07) is 6.65. The van der Waals surface area contributed by atoms with Gasteiger partial charge in [0.05, 0.1) is 24.0 Å². The molecule has 1 amide bonds. The van der Waals surface area contributed by atoms with Gasteiger partial charge >= 0.3 is 11.9 Å². The maximum atomic E-state index is 12.1. The molecule has 1 aromatic carbocycles. The van der Waals surface area contributed by atoms with Crippen LogP contribution in [0.15, 0.2) is 34.9 Å². The Morgan fingerprint density at radius 1 is 1.04 bits per heavy atom. The average molecular weight is 401 g/mol. The van der Waals surface area contributed by atoms with E-state index in [1.807, 2.05) is 0 Å². The molecule has 0 spiro atoms. The molecule has 1 rings (SSSR count). The summed E-state index contributed by atoms with van der Waals surface area (Å²) in [5.74, 6) is -1.94. The van der Waals surface area contributed by atoms with E-state index < -0.39 is 11.9 Å². The highest BCUT2D eigenvalue weighted by molar-refractivity contribution is 8.03. The molecule has 0 radical (unpaired) electrons. The number of thioether (sulfide) groups is 1. The highest BCUT2D eigenvalue weighted by atomic mass is 35.5. The van der Waals surface area contributed by atoms with Crippen LogP contribution in [0.25, 0.3) is 0 Å². The third kappa shape index (κ3) is 6.97. The molecule has 0 unspecified atom stereocenters. The molecule has 2 N–H and O–H groups in total. The van der Waals surface area contributed by atoms with Crippen molar-refractivity contribution < 1.29 is 23.9 Å². The third-order valence-corrected chi connectivity index (χ3v) is 4.24. The molecule has 0 aliphatic rings. The number of benzene rings is 1. The van der Waals surface area contributed by atoms with Crippen molar-refractivity contribution in [3.63, 3.8) is 0 Å². The van der Waals surface area contributed by atoms with Gasteiger partial charge in [0.2, 0.25) is 5.91 Å². The van der Waals surface area contributed by atoms with Crippen molar-refractivity contribution >= 4 is 46.9 Å². The Morgan fingerprint density at radius 2 is 1.58 bits per heavy atom. The quantitative estimate of drug-likeness (QED) is 0.285. The molecule has 0 heterocycles. The number of rotatable bonds is 9. The Labute approximate surface area is 161 Å². The number of ether oxygens (including phenoxy) is 2. The largest absolute Gasteiger partial charge is 0.462 e. The Balaban J connectivity index is 2.85. The molecule has 0 saturated carbocycles. The van der Waals surface area contributed by atoms with Crippen LogP contribution in [0.5, 0.6) is 0 Å². The zero-order chi connectivity index (χ0) is 19.5. The van der Waals surface area contributed by atoms with Crippen molar-refractivity contribution in [3.05, 3.63) is 39.9 Å². The van der Waals surface area contributed by atoms with Gasteiger partial charge in [0.25, 0.3) is 0 Å². The summed E-state index contributed by atoms with van der Waals surface area (Å²) in [4.78, 5) is 36.2. The van der Waals surface area contributed by atoms with Gasteiger partial charge in [0.15, 0.2) is 5.57 Å². The number of hydrogen-bond acceptors (Lipinski definition) is 7. The van der Waals surface area contributed by atoms with Gasteiger partial charge in [0, 0.05) is 17.8 Å². The van der Waals surface area contributed by atoms with Crippen LogP contribution in [-0.2, 0) is 23.9 Å². The Hall–Kier alpha value is -2.19. The average Bonchev–Trinajstić information content (AvgIpc) is 2.60. The summed E-state index contributed by atoms with van der Waals surface area (Å²) in [5.41, 5.74) is 0.325. The van der Waals surface area contributed by atoms with Gasteiger partial charge < -0.3 is 20.1 Å². The van der Waals surface area contributed by atoms with Crippen molar-refractivity contribution in [2.24, 2.45) is 0 Å². The van der Waals surface area contributed by atoms with Crippen molar-refractivity contribution in [1.29, 1.82) is 0 Å². The molecule has 0 aliphatic heterocycles. The van der Waals surface area contributed by atoms with Crippen LogP contribution in [0.3, 0.4) is 0 Å². The van der Waals surface area contributed by atoms with Crippen molar-refractivity contribution in [2.75, 3.05) is 31.3 Å². The van der Waals surface area contributed by atoms with Crippen molar-refractivity contribution in [2.45, 2.75) is 13.8 Å². The SMILES string of the molecule is CCOC(=O)C(C(=O)OCC)=C(NC)SCC(=O)Nc1ccc(Cl)cc1. The summed E-state index contributed by atoms with van der Waals surface area (Å²) in [7, 11) is 1.54. The van der Waals surface area contributed by atoms with Gasteiger partial charge in [-0.05, 0) is 38.1 Å². The fourth-order valence-corrected chi connectivity index (χ4v) is 2.74. The minimum Gasteiger partial charge on any atom is -0.462 e. The summed E-state index contributed by atoms with van der Waals surface area (Å²) in [6.07, 6.45) is 0. The molecule has 1 aromatic rings. The predicted molar refractivity (Wildman–Crippen MR) is 102 cm³/mol. The first kappa shape index (κ1) is 21.9. The van der Waals surface area contributed by atoms with Gasteiger partial charge in [-0.15, -0.1) is 0 Å². The number of nitrogens with one attached hydrogen (secondary N) is 2. The summed E-state index contributed by atoms with van der Waals surface area (Å²) in [6.45, 7) is 3.49. The minimum atomic E-state index is -0.805. The van der Waals surface area contributed by atoms with Crippen LogP contribution < -0.4 is 10.6 Å². The fourth-order valence-electron chi connectivity index (χ4n) is 1.81. The summed E-state index contributed by atoms with van der Waals surface area (Å²) >= 11 is 6.79. The molecule has 9 heteroatoms. The monoisotopic (exact) mass is 400 g/mol. The first-order valence-corrected chi connectivity index (χ1v) is 9.23. The number of hydrogen-bond donors (Lipinski definition) is 2. The smallest absolute Gasteiger partial charge is 0.348 e. The van der Waals surface area contributed by atoms with Gasteiger partial charge in [-0.1, -0.05) is 23.4 Å². The van der Waals surface area contributed by atoms with Crippen LogP contribution in [-0.4, -0.2) is 43.9 Å². The summed E-state index contributed by atoms with van der Waals surface area (Å²) < 4.78 is 9.81. The van der Waals surface area contributed by atoms with Crippen LogP contribution in [0.2, 0.25) is 5.02 Å². The number of anilines is 1. The second kappa shape index (κ2) is 11.4. The zero-order valence-corrected chi connectivity index (χ0v) is 16.3. The maximum absolute atomic E-state index is 12.1. The highest BCUT2D eigenvalue weighted by Gasteiger charge is 2.26. The molecule has 0 aliphatic carbocycles. The molecular formula is C17H21ClN2O5S. The molecule has 142 valence electrons. The van der Waals surface area contributed by atoms with E-state index in [1.54, 1.807) is 38.1 Å². The van der Waals surface area contributed by atoms with E-state index in [9.17, 15) is 14.4 Å². The topological polar surface area (TPSA) is 93.7 Å². The molecular weight excluding hydrogens is 380 g/mol. The van der Waals surface area contributed by atoms with Crippen LogP contribution >= 0.6 is 23.4 Å². The van der Waals surface area contributed by atoms with Crippen LogP contribution in [0.1, 0.15) is 13.8 Å². The van der Waals surface area contributed by atoms with E-state index in [2.05, 4.69) is 10.6 Å². The van der Waals surface area contributed by atoms with Gasteiger partial charge in [-0.25, -0.2) is 9.59 Å². The first-order valence-electron chi connectivity index (χ1n) is 7.87. The molecule has 0 bridgehead atoms. The lowest BCUT2D eigenvalue weighted by Gasteiger charge is -2.13. The number of carbonyl (C=O) groups excluding carboxylic acids is 3. The van der Waals surface area contributed by atoms with Crippen molar-refractivity contribution in [1.82, 2.24) is 5.32 Å². The molecule has 0 atom stereocenters. The van der Waals surface area contributed by atoms with E-state index in [-0.39, 0.29) is 35.5 Å². The maximum Gasteiger partial charge on any atom is 0.348 e. The first-order chi connectivity index (χ1) is 12.4. The molecule has 0 fully saturated rings. The van der Waals surface area contributed by atoms with E-state index in [4.69, 9.17) is 21.1 Å². The molecule has 0 aromatic heterocycles. The lowest BCUT2D eigenvalue weighted by atomic mass is 10.3. The van der Waals surface area contributed by atoms with E-state index in [0.717, 1.165) is 11.8 Å². The van der Waals surface area contributed by atoms with E-state index in [1.165, 1.54) is 7.05 Å². The summed E-state index contributed by atoms with van der Waals surface area (Å²) in [5, 5.41) is 6.21. The zero-order valence-electron chi connectivity index (χ0n) is 14.8. The number of amides is 1. The Bertz CT molecular complexity index is 656.